The van der Waals surface area contributed by atoms with Gasteiger partial charge in [0.1, 0.15) is 24.2 Å². The standard InChI is InChI=1S/C35H37BrFN3O5S/c1-4-25(2)38-35(42)33(22-26-8-6-5-7-9-26)39(23-27-10-12-28(36)13-11-27)34(41)24-40(30-16-14-29(37)15-17-30)46(43,44)32-20-18-31(45-3)19-21-32/h5-21,25,33H,4,22-24H2,1-3H3,(H,38,42)/t25-,33+/m1/s1. The highest BCUT2D eigenvalue weighted by Gasteiger charge is 2.35. The molecule has 11 heteroatoms. The Morgan fingerprint density at radius 1 is 0.891 bits per heavy atom. The highest BCUT2D eigenvalue weighted by Crippen LogP contribution is 2.27. The molecule has 1 N–H and O–H groups in total. The molecule has 0 fully saturated rings. The zero-order valence-corrected chi connectivity index (χ0v) is 28.3. The maximum Gasteiger partial charge on any atom is 0.264 e. The van der Waals surface area contributed by atoms with Crippen LogP contribution in [0.15, 0.2) is 112 Å². The Morgan fingerprint density at radius 3 is 2.11 bits per heavy atom. The maximum atomic E-state index is 14.5. The Morgan fingerprint density at radius 2 is 1.52 bits per heavy atom. The van der Waals surface area contributed by atoms with Crippen molar-refractivity contribution >= 4 is 43.5 Å². The third kappa shape index (κ3) is 8.95. The summed E-state index contributed by atoms with van der Waals surface area (Å²) >= 11 is 3.44. The normalized spacial score (nSPS) is 12.5. The van der Waals surface area contributed by atoms with Gasteiger partial charge in [0.25, 0.3) is 10.0 Å². The minimum Gasteiger partial charge on any atom is -0.497 e. The van der Waals surface area contributed by atoms with Gasteiger partial charge in [-0.25, -0.2) is 12.8 Å². The molecule has 0 aliphatic heterocycles. The van der Waals surface area contributed by atoms with E-state index >= 15 is 0 Å². The molecule has 0 aliphatic carbocycles. The third-order valence-corrected chi connectivity index (χ3v) is 9.90. The molecule has 0 radical (unpaired) electrons. The molecule has 0 bridgehead atoms. The van der Waals surface area contributed by atoms with Crippen molar-refractivity contribution in [1.82, 2.24) is 10.2 Å². The van der Waals surface area contributed by atoms with Gasteiger partial charge in [0.15, 0.2) is 0 Å². The van der Waals surface area contributed by atoms with Crippen molar-refractivity contribution in [3.63, 3.8) is 0 Å². The molecule has 4 aromatic rings. The first-order valence-corrected chi connectivity index (χ1v) is 17.1. The molecule has 4 aromatic carbocycles. The molecule has 0 saturated carbocycles. The minimum absolute atomic E-state index is 0.0391. The van der Waals surface area contributed by atoms with Crippen molar-refractivity contribution in [2.45, 2.75) is 50.2 Å². The molecule has 0 spiro atoms. The van der Waals surface area contributed by atoms with E-state index in [4.69, 9.17) is 4.74 Å². The molecule has 46 heavy (non-hydrogen) atoms. The van der Waals surface area contributed by atoms with E-state index in [2.05, 4.69) is 21.2 Å². The van der Waals surface area contributed by atoms with Gasteiger partial charge in [-0.05, 0) is 85.1 Å². The summed E-state index contributed by atoms with van der Waals surface area (Å²) in [6, 6.07) is 26.2. The lowest BCUT2D eigenvalue weighted by Crippen LogP contribution is -2.54. The first-order valence-electron chi connectivity index (χ1n) is 14.8. The topological polar surface area (TPSA) is 96.0 Å². The molecule has 0 saturated heterocycles. The number of halogens is 2. The number of anilines is 1. The number of benzene rings is 4. The maximum absolute atomic E-state index is 14.5. The van der Waals surface area contributed by atoms with Gasteiger partial charge in [-0.3, -0.25) is 13.9 Å². The van der Waals surface area contributed by atoms with Crippen LogP contribution in [0.3, 0.4) is 0 Å². The fraction of sp³-hybridized carbons (Fsp3) is 0.257. The molecule has 2 amide bonds. The molecular formula is C35H37BrFN3O5S. The van der Waals surface area contributed by atoms with Gasteiger partial charge >= 0.3 is 0 Å². The molecule has 4 rings (SSSR count). The molecule has 2 atom stereocenters. The van der Waals surface area contributed by atoms with Crippen LogP contribution in [0, 0.1) is 5.82 Å². The lowest BCUT2D eigenvalue weighted by molar-refractivity contribution is -0.140. The van der Waals surface area contributed by atoms with Crippen molar-refractivity contribution in [2.75, 3.05) is 18.0 Å². The number of amides is 2. The van der Waals surface area contributed by atoms with Crippen LogP contribution in [-0.2, 0) is 32.6 Å². The first kappa shape index (κ1) is 34.6. The van der Waals surface area contributed by atoms with Gasteiger partial charge < -0.3 is 15.0 Å². The van der Waals surface area contributed by atoms with Gasteiger partial charge in [-0.2, -0.15) is 0 Å². The third-order valence-electron chi connectivity index (χ3n) is 7.58. The van der Waals surface area contributed by atoms with Gasteiger partial charge in [0, 0.05) is 23.5 Å². The van der Waals surface area contributed by atoms with Crippen LogP contribution in [0.2, 0.25) is 0 Å². The number of sulfonamides is 1. The zero-order chi connectivity index (χ0) is 33.3. The van der Waals surface area contributed by atoms with E-state index in [9.17, 15) is 22.4 Å². The summed E-state index contributed by atoms with van der Waals surface area (Å²) in [5.41, 5.74) is 1.68. The van der Waals surface area contributed by atoms with E-state index < -0.39 is 34.3 Å². The number of carbonyl (C=O) groups is 2. The van der Waals surface area contributed by atoms with Gasteiger partial charge in [0.05, 0.1) is 17.7 Å². The summed E-state index contributed by atoms with van der Waals surface area (Å²) < 4.78 is 49.1. The van der Waals surface area contributed by atoms with Crippen LogP contribution >= 0.6 is 15.9 Å². The number of nitrogens with one attached hydrogen (secondary N) is 1. The van der Waals surface area contributed by atoms with E-state index in [1.165, 1.54) is 48.4 Å². The van der Waals surface area contributed by atoms with Crippen molar-refractivity contribution < 1.29 is 27.1 Å². The van der Waals surface area contributed by atoms with Crippen LogP contribution < -0.4 is 14.4 Å². The monoisotopic (exact) mass is 709 g/mol. The lowest BCUT2D eigenvalue weighted by atomic mass is 10.0. The number of rotatable bonds is 14. The van der Waals surface area contributed by atoms with Crippen LogP contribution in [0.1, 0.15) is 31.4 Å². The second kappa shape index (κ2) is 15.9. The Hall–Kier alpha value is -4.22. The number of hydrogen-bond acceptors (Lipinski definition) is 5. The molecule has 0 unspecified atom stereocenters. The van der Waals surface area contributed by atoms with Crippen LogP contribution in [0.5, 0.6) is 5.75 Å². The highest BCUT2D eigenvalue weighted by molar-refractivity contribution is 9.10. The van der Waals surface area contributed by atoms with E-state index in [-0.39, 0.29) is 35.5 Å². The molecular weight excluding hydrogens is 673 g/mol. The quantitative estimate of drug-likeness (QED) is 0.165. The summed E-state index contributed by atoms with van der Waals surface area (Å²) in [6.45, 7) is 3.23. The van der Waals surface area contributed by atoms with Crippen molar-refractivity contribution in [2.24, 2.45) is 0 Å². The highest BCUT2D eigenvalue weighted by atomic mass is 79.9. The van der Waals surface area contributed by atoms with E-state index in [1.807, 2.05) is 68.4 Å². The van der Waals surface area contributed by atoms with Gasteiger partial charge in [-0.15, -0.1) is 0 Å². The average Bonchev–Trinajstić information content (AvgIpc) is 3.06. The predicted molar refractivity (Wildman–Crippen MR) is 180 cm³/mol. The number of hydrogen-bond donors (Lipinski definition) is 1. The van der Waals surface area contributed by atoms with Gasteiger partial charge in [0.2, 0.25) is 11.8 Å². The predicted octanol–water partition coefficient (Wildman–Crippen LogP) is 6.35. The number of nitrogens with zero attached hydrogens (tertiary/aromatic N) is 2. The Labute approximate surface area is 278 Å². The summed E-state index contributed by atoms with van der Waals surface area (Å²) in [4.78, 5) is 29.7. The van der Waals surface area contributed by atoms with Crippen LogP contribution in [0.4, 0.5) is 10.1 Å². The summed E-state index contributed by atoms with van der Waals surface area (Å²) in [6.07, 6.45) is 0.885. The number of ether oxygens (including phenoxy) is 1. The lowest BCUT2D eigenvalue weighted by Gasteiger charge is -2.34. The smallest absolute Gasteiger partial charge is 0.264 e. The van der Waals surface area contributed by atoms with Crippen LogP contribution in [-0.4, -0.2) is 50.9 Å². The summed E-state index contributed by atoms with van der Waals surface area (Å²) in [5.74, 6) is -1.06. The van der Waals surface area contributed by atoms with E-state index in [1.54, 1.807) is 0 Å². The fourth-order valence-electron chi connectivity index (χ4n) is 4.79. The van der Waals surface area contributed by atoms with Crippen molar-refractivity contribution in [1.29, 1.82) is 0 Å². The van der Waals surface area contributed by atoms with Gasteiger partial charge in [-0.1, -0.05) is 65.3 Å². The molecule has 0 aromatic heterocycles. The Balaban J connectivity index is 1.80. The number of carbonyl (C=O) groups excluding carboxylic acids is 2. The second-order valence-electron chi connectivity index (χ2n) is 10.8. The van der Waals surface area contributed by atoms with Crippen LogP contribution in [0.25, 0.3) is 0 Å². The number of methoxy groups -OCH3 is 1. The Bertz CT molecular complexity index is 1700. The SMILES string of the molecule is CC[C@@H](C)NC(=O)[C@H](Cc1ccccc1)N(Cc1ccc(Br)cc1)C(=O)CN(c1ccc(F)cc1)S(=O)(=O)c1ccc(OC)cc1. The molecule has 0 heterocycles. The molecule has 8 nitrogen and oxygen atoms in total. The zero-order valence-electron chi connectivity index (χ0n) is 25.9. The summed E-state index contributed by atoms with van der Waals surface area (Å²) in [5, 5.41) is 3.01. The largest absolute Gasteiger partial charge is 0.497 e. The fourth-order valence-corrected chi connectivity index (χ4v) is 6.47. The first-order chi connectivity index (χ1) is 22.0. The molecule has 0 aliphatic rings. The van der Waals surface area contributed by atoms with Crippen molar-refractivity contribution in [3.05, 3.63) is 125 Å². The van der Waals surface area contributed by atoms with Crippen molar-refractivity contribution in [3.8, 4) is 5.75 Å². The average molecular weight is 711 g/mol. The second-order valence-corrected chi connectivity index (χ2v) is 13.6. The van der Waals surface area contributed by atoms with E-state index in [0.29, 0.717) is 12.2 Å². The summed E-state index contributed by atoms with van der Waals surface area (Å²) in [7, 11) is -2.86. The van der Waals surface area contributed by atoms with E-state index in [0.717, 1.165) is 32.0 Å². The molecule has 242 valence electrons. The Kier molecular flexibility index (Phi) is 11.9. The minimum atomic E-state index is -4.33.